The maximum atomic E-state index is 14.0. The molecule has 5 amide bonds. The van der Waals surface area contributed by atoms with Gasteiger partial charge in [0.1, 0.15) is 29.9 Å². The largest absolute Gasteiger partial charge is 0.508 e. The van der Waals surface area contributed by atoms with Gasteiger partial charge in [0.25, 0.3) is 0 Å². The van der Waals surface area contributed by atoms with E-state index in [4.69, 9.17) is 0 Å². The van der Waals surface area contributed by atoms with E-state index < -0.39 is 95.7 Å². The predicted octanol–water partition coefficient (Wildman–Crippen LogP) is -0.595. The molecule has 0 aliphatic carbocycles. The fourth-order valence-corrected chi connectivity index (χ4v) is 5.30. The highest BCUT2D eigenvalue weighted by Gasteiger charge is 2.36. The Morgan fingerprint density at radius 3 is 1.45 bits per heavy atom. The van der Waals surface area contributed by atoms with Crippen LogP contribution in [0.15, 0.2) is 54.6 Å². The number of likely N-dealkylation sites (N-methyl/N-ethyl adjacent to an activating group) is 1. The third kappa shape index (κ3) is 15.1. The van der Waals surface area contributed by atoms with Crippen LogP contribution in [0.3, 0.4) is 0 Å². The zero-order valence-electron chi connectivity index (χ0n) is 30.2. The van der Waals surface area contributed by atoms with Crippen molar-refractivity contribution < 1.29 is 53.7 Å². The van der Waals surface area contributed by atoms with Crippen LogP contribution in [-0.4, -0.2) is 106 Å². The van der Waals surface area contributed by atoms with E-state index in [0.717, 1.165) is 0 Å². The molecule has 17 nitrogen and oxygen atoms in total. The van der Waals surface area contributed by atoms with Crippen LogP contribution in [0.4, 0.5) is 0 Å². The first-order valence-corrected chi connectivity index (χ1v) is 16.7. The van der Waals surface area contributed by atoms with E-state index in [1.165, 1.54) is 38.2 Å². The summed E-state index contributed by atoms with van der Waals surface area (Å²) in [5.41, 5.74) is 0.245. The van der Waals surface area contributed by atoms with Crippen molar-refractivity contribution in [3.05, 3.63) is 65.7 Å². The lowest BCUT2D eigenvalue weighted by Gasteiger charge is -2.31. The number of nitrogens with one attached hydrogen (secondary N) is 6. The number of hydrogen-bond donors (Lipinski definition) is 9. The van der Waals surface area contributed by atoms with Gasteiger partial charge < -0.3 is 47.2 Å². The molecular weight excluding hydrogens is 692 g/mol. The van der Waals surface area contributed by atoms with Gasteiger partial charge in [-0.25, -0.2) is 0 Å². The molecule has 0 spiro atoms. The number of benzene rings is 2. The summed E-state index contributed by atoms with van der Waals surface area (Å²) in [4.78, 5) is 102. The number of phenolic OH excluding ortho intramolecular Hbond substituents is 1. The van der Waals surface area contributed by atoms with Gasteiger partial charge in [-0.1, -0.05) is 63.2 Å². The van der Waals surface area contributed by atoms with E-state index in [1.807, 2.05) is 0 Å². The van der Waals surface area contributed by atoms with Crippen LogP contribution in [0.2, 0.25) is 0 Å². The molecule has 0 aliphatic heterocycles. The molecule has 2 aromatic rings. The van der Waals surface area contributed by atoms with Crippen LogP contribution in [0, 0.1) is 5.41 Å². The van der Waals surface area contributed by atoms with Gasteiger partial charge in [-0.15, -0.1) is 0 Å². The van der Waals surface area contributed by atoms with Gasteiger partial charge in [0.15, 0.2) is 5.78 Å². The molecule has 288 valence electrons. The molecule has 0 radical (unpaired) electrons. The Morgan fingerprint density at radius 1 is 0.604 bits per heavy atom. The van der Waals surface area contributed by atoms with Crippen molar-refractivity contribution in [2.75, 3.05) is 13.6 Å². The fourth-order valence-electron chi connectivity index (χ4n) is 5.30. The summed E-state index contributed by atoms with van der Waals surface area (Å²) < 4.78 is 0. The number of carboxylic acids is 2. The van der Waals surface area contributed by atoms with Crippen LogP contribution in [0.5, 0.6) is 5.75 Å². The van der Waals surface area contributed by atoms with E-state index in [0.29, 0.717) is 11.1 Å². The summed E-state index contributed by atoms with van der Waals surface area (Å²) in [5.74, 6) is -7.86. The lowest BCUT2D eigenvalue weighted by molar-refractivity contribution is -0.142. The van der Waals surface area contributed by atoms with Crippen molar-refractivity contribution in [3.8, 4) is 5.75 Å². The lowest BCUT2D eigenvalue weighted by Crippen LogP contribution is -2.60. The second-order valence-electron chi connectivity index (χ2n) is 13.5. The molecule has 2 rings (SSSR count). The summed E-state index contributed by atoms with van der Waals surface area (Å²) >= 11 is 0. The van der Waals surface area contributed by atoms with Crippen LogP contribution >= 0.6 is 0 Å². The third-order valence-electron chi connectivity index (χ3n) is 7.86. The smallest absolute Gasteiger partial charge is 0.305 e. The van der Waals surface area contributed by atoms with Gasteiger partial charge in [0.2, 0.25) is 29.5 Å². The Kier molecular flexibility index (Phi) is 16.6. The first-order chi connectivity index (χ1) is 24.8. The molecule has 0 heterocycles. The van der Waals surface area contributed by atoms with E-state index in [2.05, 4.69) is 31.9 Å². The van der Waals surface area contributed by atoms with Crippen molar-refractivity contribution >= 4 is 47.3 Å². The number of Topliss-reactive ketones (excluding diaryl/α,β-unsaturated/α-hetero) is 1. The summed E-state index contributed by atoms with van der Waals surface area (Å²) in [5, 5.41) is 43.6. The molecule has 0 saturated heterocycles. The Morgan fingerprint density at radius 2 is 1.02 bits per heavy atom. The van der Waals surface area contributed by atoms with Crippen molar-refractivity contribution in [3.63, 3.8) is 0 Å². The number of rotatable bonds is 20. The topological polar surface area (TPSA) is 269 Å². The van der Waals surface area contributed by atoms with Gasteiger partial charge in [0, 0.05) is 12.8 Å². The number of ketones is 1. The molecule has 2 unspecified atom stereocenters. The average Bonchev–Trinajstić information content (AvgIpc) is 3.06. The maximum Gasteiger partial charge on any atom is 0.305 e. The Hall–Kier alpha value is -5.84. The molecule has 0 aromatic heterocycles. The number of aromatic hydroxyl groups is 1. The summed E-state index contributed by atoms with van der Waals surface area (Å²) in [6.45, 7) is 6.11. The second-order valence-corrected chi connectivity index (χ2v) is 13.5. The molecule has 0 fully saturated rings. The molecule has 2 aromatic carbocycles. The van der Waals surface area contributed by atoms with E-state index in [-0.39, 0.29) is 25.1 Å². The highest BCUT2D eigenvalue weighted by atomic mass is 16.4. The molecule has 0 bridgehead atoms. The quantitative estimate of drug-likeness (QED) is 0.0824. The number of hydrogen-bond acceptors (Lipinski definition) is 10. The van der Waals surface area contributed by atoms with Gasteiger partial charge >= 0.3 is 11.9 Å². The Balaban J connectivity index is 2.49. The Bertz CT molecular complexity index is 1630. The monoisotopic (exact) mass is 740 g/mol. The number of carbonyl (C=O) groups is 8. The van der Waals surface area contributed by atoms with Crippen molar-refractivity contribution in [2.45, 2.75) is 83.6 Å². The minimum absolute atomic E-state index is 0.0841. The van der Waals surface area contributed by atoms with E-state index in [1.54, 1.807) is 51.1 Å². The van der Waals surface area contributed by atoms with Gasteiger partial charge in [-0.05, 0) is 42.6 Å². The van der Waals surface area contributed by atoms with Crippen LogP contribution in [-0.2, 0) is 51.2 Å². The first kappa shape index (κ1) is 43.3. The lowest BCUT2D eigenvalue weighted by atomic mass is 9.84. The standard InChI is InChI=1S/C36H48N6O11/c1-20(43)31(36(2,3)4)42-35(53)27(18-30(48)49)41-33(51)25(16-22-11-13-23(44)14-12-22)39-32(50)24(15-21-9-7-6-8-10-21)40-34(52)26(17-29(46)47)38-28(45)19-37-5/h6-14,24-27,31,37,44H,15-19H2,1-5H3,(H,38,45)(H,39,50)(H,40,52)(H,41,51)(H,42,53)(H,46,47)(H,48,49)/t24-,25-,26?,27-,31?/m0/s1. The van der Waals surface area contributed by atoms with E-state index >= 15 is 0 Å². The third-order valence-corrected chi connectivity index (χ3v) is 7.86. The molecule has 17 heteroatoms. The SMILES string of the molecule is CNCC(=O)NC(CC(=O)O)C(=O)N[C@@H](Cc1ccccc1)C(=O)N[C@@H](Cc1ccc(O)cc1)C(=O)N[C@@H](CC(=O)O)C(=O)NC(C(C)=O)C(C)(C)C. The summed E-state index contributed by atoms with van der Waals surface area (Å²) in [7, 11) is 1.47. The zero-order chi connectivity index (χ0) is 39.9. The molecule has 5 atom stereocenters. The van der Waals surface area contributed by atoms with E-state index in [9.17, 15) is 53.7 Å². The number of amides is 5. The highest BCUT2D eigenvalue weighted by Crippen LogP contribution is 2.20. The second kappa shape index (κ2) is 20.3. The molecule has 9 N–H and O–H groups in total. The Labute approximate surface area is 306 Å². The zero-order valence-corrected chi connectivity index (χ0v) is 30.2. The minimum Gasteiger partial charge on any atom is -0.508 e. The molecule has 0 saturated carbocycles. The van der Waals surface area contributed by atoms with Gasteiger partial charge in [-0.2, -0.15) is 0 Å². The van der Waals surface area contributed by atoms with Gasteiger partial charge in [0.05, 0.1) is 25.4 Å². The number of aliphatic carboxylic acids is 2. The summed E-state index contributed by atoms with van der Waals surface area (Å²) in [6.07, 6.45) is -2.05. The van der Waals surface area contributed by atoms with Gasteiger partial charge in [-0.3, -0.25) is 38.4 Å². The molecular formula is C36H48N6O11. The van der Waals surface area contributed by atoms with Crippen LogP contribution in [0.25, 0.3) is 0 Å². The predicted molar refractivity (Wildman–Crippen MR) is 190 cm³/mol. The number of carboxylic acid groups (broad SMARTS) is 2. The number of carbonyl (C=O) groups excluding carboxylic acids is 6. The maximum absolute atomic E-state index is 14.0. The van der Waals surface area contributed by atoms with Crippen LogP contribution in [0.1, 0.15) is 51.7 Å². The van der Waals surface area contributed by atoms with Crippen molar-refractivity contribution in [1.82, 2.24) is 31.9 Å². The molecule has 53 heavy (non-hydrogen) atoms. The average molecular weight is 741 g/mol. The summed E-state index contributed by atoms with van der Waals surface area (Å²) in [6, 6.07) is 6.83. The highest BCUT2D eigenvalue weighted by molar-refractivity contribution is 5.98. The van der Waals surface area contributed by atoms with Crippen molar-refractivity contribution in [2.24, 2.45) is 5.41 Å². The van der Waals surface area contributed by atoms with Crippen molar-refractivity contribution in [1.29, 1.82) is 0 Å². The van der Waals surface area contributed by atoms with Crippen LogP contribution < -0.4 is 31.9 Å². The molecule has 0 aliphatic rings. The first-order valence-electron chi connectivity index (χ1n) is 16.7. The normalized spacial score (nSPS) is 13.9. The minimum atomic E-state index is -1.68. The number of phenols is 1. The fraction of sp³-hybridized carbons (Fsp3) is 0.444.